The number of likely N-dealkylation sites (tertiary alicyclic amines) is 2. The van der Waals surface area contributed by atoms with Crippen LogP contribution in [0, 0.1) is 23.7 Å². The highest BCUT2D eigenvalue weighted by Crippen LogP contribution is 2.58. The number of H-pyrrole nitrogens is 2. The molecule has 4 N–H and O–H groups in total. The standard InChI is InChI=1S/C55H65N9O6/c1-8-28(3)48(60-54(67)69-6)52(65)63-42-22-34(42)24-44(63)50-56-26-38(58-50)32-14-10-30(11-15-32)36-18-19-37(47-41-21-20-40(46(36)47)62(41)5)31-12-16-33(17-13-31)39-27-57-51(59-39)45-25-35-23-43(35)64(45)53(66)49(29(4)9-2)61-55(68)70-7/h10-19,26-29,34-35,40-45,48-49H,8-9,20-25H2,1-7H3,(H,56,58)(H,57,59)(H,60,67)(H,61,68)/t28?,29?,34?,35?,40?,41?,42?,43?,44-,45-,48-,49-/m0/s1. The number of hydrogen-bond acceptors (Lipinski definition) is 9. The van der Waals surface area contributed by atoms with Crippen LogP contribution in [0.25, 0.3) is 44.8 Å². The summed E-state index contributed by atoms with van der Waals surface area (Å²) < 4.78 is 9.77. The van der Waals surface area contributed by atoms with Crippen molar-refractivity contribution >= 4 is 24.0 Å². The molecule has 2 aliphatic carbocycles. The van der Waals surface area contributed by atoms with E-state index in [2.05, 4.69) is 93.2 Å². The summed E-state index contributed by atoms with van der Waals surface area (Å²) in [6.07, 6.45) is 9.98. The third-order valence-electron chi connectivity index (χ3n) is 17.1. The predicted molar refractivity (Wildman–Crippen MR) is 265 cm³/mol. The molecule has 15 heteroatoms. The minimum Gasteiger partial charge on any atom is -0.453 e. The maximum Gasteiger partial charge on any atom is 0.407 e. The number of carbonyl (C=O) groups excluding carboxylic acids is 4. The first kappa shape index (κ1) is 45.9. The molecule has 2 saturated carbocycles. The van der Waals surface area contributed by atoms with Gasteiger partial charge in [-0.2, -0.15) is 0 Å². The zero-order valence-corrected chi connectivity index (χ0v) is 41.2. The van der Waals surface area contributed by atoms with Gasteiger partial charge in [0.1, 0.15) is 23.7 Å². The molecule has 2 bridgehead atoms. The second kappa shape index (κ2) is 18.0. The molecule has 5 aromatic rings. The number of imidazole rings is 2. The Morgan fingerprint density at radius 3 is 1.36 bits per heavy atom. The van der Waals surface area contributed by atoms with Crippen molar-refractivity contribution in [1.82, 2.24) is 45.3 Å². The number of amides is 4. The minimum absolute atomic E-state index is 0.0469. The molecular weight excluding hydrogens is 883 g/mol. The summed E-state index contributed by atoms with van der Waals surface area (Å²) in [7, 11) is 4.91. The third kappa shape index (κ3) is 7.84. The molecule has 15 nitrogen and oxygen atoms in total. The molecule has 2 aromatic heterocycles. The van der Waals surface area contributed by atoms with Crippen molar-refractivity contribution in [2.75, 3.05) is 21.3 Å². The molecule has 5 fully saturated rings. The van der Waals surface area contributed by atoms with Crippen LogP contribution >= 0.6 is 0 Å². The SMILES string of the molecule is CCC(C)[C@H](NC(=O)OC)C(=O)N1C2CC2C[C@H]1c1ncc(-c2ccc(-c3ccc(-c4ccc(-c5cnc([C@@H]6CC7CC7N6C(=O)[C@@H](NC(=O)OC)C(C)CC)[nH]5)cc4)c4c3C3CCC4N3C)cc2)[nH]1. The van der Waals surface area contributed by atoms with Crippen molar-refractivity contribution in [1.29, 1.82) is 0 Å². The molecular formula is C55H65N9O6. The molecule has 4 aliphatic heterocycles. The first-order valence-electron chi connectivity index (χ1n) is 25.4. The van der Waals surface area contributed by atoms with Crippen molar-refractivity contribution in [3.05, 3.63) is 95.8 Å². The Kier molecular flexibility index (Phi) is 11.8. The highest BCUT2D eigenvalue weighted by atomic mass is 16.5. The number of nitrogens with one attached hydrogen (secondary N) is 4. The van der Waals surface area contributed by atoms with Crippen molar-refractivity contribution in [2.24, 2.45) is 23.7 Å². The van der Waals surface area contributed by atoms with Crippen LogP contribution in [0.5, 0.6) is 0 Å². The number of carbonyl (C=O) groups is 4. The van der Waals surface area contributed by atoms with Crippen LogP contribution in [0.2, 0.25) is 0 Å². The number of fused-ring (bicyclic) bond motifs is 7. The Bertz CT molecular complexity index is 2630. The molecule has 3 saturated heterocycles. The number of alkyl carbamates (subject to hydrolysis) is 2. The molecule has 8 unspecified atom stereocenters. The topological polar surface area (TPSA) is 178 Å². The molecule has 366 valence electrons. The monoisotopic (exact) mass is 948 g/mol. The van der Waals surface area contributed by atoms with E-state index in [1.807, 2.05) is 49.9 Å². The lowest BCUT2D eigenvalue weighted by Crippen LogP contribution is -2.52. The normalized spacial score (nSPS) is 26.4. The van der Waals surface area contributed by atoms with Gasteiger partial charge in [-0.3, -0.25) is 14.5 Å². The van der Waals surface area contributed by atoms with Crippen LogP contribution in [-0.4, -0.2) is 104 Å². The summed E-state index contributed by atoms with van der Waals surface area (Å²) >= 11 is 0. The Balaban J connectivity index is 0.813. The Morgan fingerprint density at radius 2 is 0.986 bits per heavy atom. The molecule has 11 rings (SSSR count). The van der Waals surface area contributed by atoms with Gasteiger partial charge in [-0.25, -0.2) is 19.6 Å². The summed E-state index contributed by atoms with van der Waals surface area (Å²) in [6, 6.07) is 21.5. The van der Waals surface area contributed by atoms with Crippen LogP contribution in [0.3, 0.4) is 0 Å². The first-order valence-corrected chi connectivity index (χ1v) is 25.4. The summed E-state index contributed by atoms with van der Waals surface area (Å²) in [4.78, 5) is 76.1. The summed E-state index contributed by atoms with van der Waals surface area (Å²) in [6.45, 7) is 8.03. The van der Waals surface area contributed by atoms with Gasteiger partial charge < -0.3 is 39.9 Å². The second-order valence-electron chi connectivity index (χ2n) is 20.9. The fourth-order valence-electron chi connectivity index (χ4n) is 12.6. The molecule has 6 heterocycles. The largest absolute Gasteiger partial charge is 0.453 e. The van der Waals surface area contributed by atoms with E-state index >= 15 is 0 Å². The highest BCUT2D eigenvalue weighted by molar-refractivity contribution is 5.88. The molecule has 0 radical (unpaired) electrons. The number of piperidine rings is 2. The van der Waals surface area contributed by atoms with E-state index in [1.165, 1.54) is 47.6 Å². The Hall–Kier alpha value is -6.48. The summed E-state index contributed by atoms with van der Waals surface area (Å²) in [5.74, 6) is 2.21. The van der Waals surface area contributed by atoms with Crippen molar-refractivity contribution in [3.63, 3.8) is 0 Å². The van der Waals surface area contributed by atoms with Crippen molar-refractivity contribution in [3.8, 4) is 44.8 Å². The number of rotatable bonds is 14. The van der Waals surface area contributed by atoms with Gasteiger partial charge in [0, 0.05) is 24.2 Å². The molecule has 12 atom stereocenters. The van der Waals surface area contributed by atoms with Crippen LogP contribution in [0.1, 0.15) is 126 Å². The van der Waals surface area contributed by atoms with Crippen molar-refractivity contribution in [2.45, 2.75) is 127 Å². The van der Waals surface area contributed by atoms with Gasteiger partial charge in [-0.05, 0) is 114 Å². The number of ether oxygens (including phenoxy) is 2. The van der Waals surface area contributed by atoms with Crippen LogP contribution in [0.15, 0.2) is 73.1 Å². The van der Waals surface area contributed by atoms with Gasteiger partial charge in [0.15, 0.2) is 0 Å². The zero-order valence-electron chi connectivity index (χ0n) is 41.2. The van der Waals surface area contributed by atoms with E-state index in [4.69, 9.17) is 19.4 Å². The van der Waals surface area contributed by atoms with E-state index in [0.29, 0.717) is 23.9 Å². The maximum atomic E-state index is 14.1. The lowest BCUT2D eigenvalue weighted by molar-refractivity contribution is -0.137. The third-order valence-corrected chi connectivity index (χ3v) is 17.1. The smallest absolute Gasteiger partial charge is 0.407 e. The zero-order chi connectivity index (χ0) is 48.7. The lowest BCUT2D eigenvalue weighted by Gasteiger charge is -2.32. The van der Waals surface area contributed by atoms with Crippen LogP contribution in [0.4, 0.5) is 9.59 Å². The van der Waals surface area contributed by atoms with Gasteiger partial charge in [0.05, 0.1) is 50.1 Å². The fraction of sp³-hybridized carbons (Fsp3) is 0.491. The highest BCUT2D eigenvalue weighted by Gasteiger charge is 2.58. The van der Waals surface area contributed by atoms with E-state index in [1.54, 1.807) is 0 Å². The molecule has 4 amide bonds. The van der Waals surface area contributed by atoms with E-state index in [9.17, 15) is 19.2 Å². The van der Waals surface area contributed by atoms with Crippen LogP contribution < -0.4 is 10.6 Å². The molecule has 3 aromatic carbocycles. The van der Waals surface area contributed by atoms with Gasteiger partial charge in [0.2, 0.25) is 11.8 Å². The molecule has 70 heavy (non-hydrogen) atoms. The Morgan fingerprint density at radius 1 is 0.600 bits per heavy atom. The summed E-state index contributed by atoms with van der Waals surface area (Å²) in [5, 5.41) is 5.63. The number of benzene rings is 3. The number of aromatic amines is 2. The molecule has 0 spiro atoms. The average Bonchev–Trinajstić information content (AvgIpc) is 3.80. The predicted octanol–water partition coefficient (Wildman–Crippen LogP) is 9.49. The average molecular weight is 948 g/mol. The van der Waals surface area contributed by atoms with Gasteiger partial charge in [0.25, 0.3) is 0 Å². The number of aromatic nitrogens is 4. The van der Waals surface area contributed by atoms with Crippen molar-refractivity contribution < 1.29 is 28.7 Å². The number of hydrogen-bond donors (Lipinski definition) is 4. The maximum absolute atomic E-state index is 14.1. The minimum atomic E-state index is -0.663. The van der Waals surface area contributed by atoms with Gasteiger partial charge >= 0.3 is 12.2 Å². The first-order chi connectivity index (χ1) is 33.9. The number of methoxy groups -OCH3 is 2. The van der Waals surface area contributed by atoms with E-state index < -0.39 is 24.3 Å². The Labute approximate surface area is 409 Å². The number of nitrogens with zero attached hydrogens (tertiary/aromatic N) is 5. The van der Waals surface area contributed by atoms with Crippen LogP contribution in [-0.2, 0) is 19.1 Å². The quantitative estimate of drug-likeness (QED) is 0.0844. The lowest BCUT2D eigenvalue weighted by atomic mass is 9.81. The van der Waals surface area contributed by atoms with E-state index in [-0.39, 0.29) is 47.8 Å². The van der Waals surface area contributed by atoms with Gasteiger partial charge in [-0.15, -0.1) is 0 Å². The molecule has 6 aliphatic rings. The second-order valence-corrected chi connectivity index (χ2v) is 20.9. The van der Waals surface area contributed by atoms with Gasteiger partial charge in [-0.1, -0.05) is 101 Å². The fourth-order valence-corrected chi connectivity index (χ4v) is 12.6. The summed E-state index contributed by atoms with van der Waals surface area (Å²) in [5.41, 5.74) is 11.6. The van der Waals surface area contributed by atoms with E-state index in [0.717, 1.165) is 85.5 Å².